The van der Waals surface area contributed by atoms with Crippen LogP contribution in [0, 0.1) is 0 Å². The van der Waals surface area contributed by atoms with E-state index in [-0.39, 0.29) is 18.5 Å². The van der Waals surface area contributed by atoms with Crippen LogP contribution in [0.25, 0.3) is 0 Å². The van der Waals surface area contributed by atoms with Gasteiger partial charge in [-0.2, -0.15) is 0 Å². The number of aliphatic hydroxyl groups is 2. The van der Waals surface area contributed by atoms with Gasteiger partial charge in [0.1, 0.15) is 0 Å². The number of aliphatic hydroxyl groups excluding tert-OH is 2. The van der Waals surface area contributed by atoms with Gasteiger partial charge in [0.2, 0.25) is 5.91 Å². The van der Waals surface area contributed by atoms with Crippen LogP contribution in [0.3, 0.4) is 0 Å². The van der Waals surface area contributed by atoms with E-state index in [0.717, 1.165) is 44.9 Å². The van der Waals surface area contributed by atoms with Crippen molar-refractivity contribution < 1.29 is 24.5 Å². The molecule has 0 rings (SSSR count). The molecule has 0 heterocycles. The number of rotatable bonds is 68. The van der Waals surface area contributed by atoms with Gasteiger partial charge in [-0.1, -0.05) is 359 Å². The van der Waals surface area contributed by atoms with Crippen LogP contribution in [0.5, 0.6) is 0 Å². The average Bonchev–Trinajstić information content (AvgIpc) is 3.45. The van der Waals surface area contributed by atoms with Gasteiger partial charge in [-0.15, -0.1) is 0 Å². The van der Waals surface area contributed by atoms with Gasteiger partial charge >= 0.3 is 5.97 Å². The lowest BCUT2D eigenvalue weighted by atomic mass is 10.0. The molecule has 0 saturated heterocycles. The summed E-state index contributed by atoms with van der Waals surface area (Å²) in [5.74, 6) is -0.0537. The normalized spacial score (nSPS) is 12.6. The molecule has 1 amide bonds. The van der Waals surface area contributed by atoms with Crippen molar-refractivity contribution in [2.24, 2.45) is 0 Å². The fourth-order valence-corrected chi connectivity index (χ4v) is 11.5. The molecule has 6 nitrogen and oxygen atoms in total. The molecule has 0 saturated carbocycles. The summed E-state index contributed by atoms with van der Waals surface area (Å²) in [7, 11) is 0. The number of hydrogen-bond donors (Lipinski definition) is 3. The van der Waals surface area contributed by atoms with Gasteiger partial charge in [-0.3, -0.25) is 9.59 Å². The second kappa shape index (κ2) is 68.8. The number of amides is 1. The molecule has 0 bridgehead atoms. The molecule has 0 radical (unpaired) electrons. The summed E-state index contributed by atoms with van der Waals surface area (Å²) in [6.07, 6.45) is 86.9. The van der Waals surface area contributed by atoms with E-state index in [4.69, 9.17) is 4.74 Å². The third kappa shape index (κ3) is 65.4. The summed E-state index contributed by atoms with van der Waals surface area (Å²) in [6, 6.07) is -0.633. The second-order valence-corrected chi connectivity index (χ2v) is 24.9. The molecule has 2 atom stereocenters. The highest BCUT2D eigenvalue weighted by Crippen LogP contribution is 2.19. The minimum Gasteiger partial charge on any atom is -0.466 e. The smallest absolute Gasteiger partial charge is 0.305 e. The van der Waals surface area contributed by atoms with E-state index in [1.54, 1.807) is 6.08 Å². The van der Waals surface area contributed by atoms with Crippen molar-refractivity contribution >= 4 is 11.9 Å². The van der Waals surface area contributed by atoms with E-state index in [0.29, 0.717) is 19.4 Å². The Morgan fingerprint density at radius 1 is 0.342 bits per heavy atom. The van der Waals surface area contributed by atoms with Gasteiger partial charge in [-0.05, 0) is 57.8 Å². The fraction of sp³-hybridized carbons (Fsp3) is 0.918. The van der Waals surface area contributed by atoms with E-state index in [9.17, 15) is 19.8 Å². The van der Waals surface area contributed by atoms with Gasteiger partial charge in [0, 0.05) is 12.8 Å². The Hall–Kier alpha value is -1.66. The molecule has 0 aliphatic rings. The zero-order valence-corrected chi connectivity index (χ0v) is 53.6. The molecular formula is C73H141NO5. The first kappa shape index (κ1) is 77.3. The van der Waals surface area contributed by atoms with Crippen LogP contribution in [0.1, 0.15) is 406 Å². The van der Waals surface area contributed by atoms with Crippen molar-refractivity contribution in [2.75, 3.05) is 13.2 Å². The summed E-state index contributed by atoms with van der Waals surface area (Å²) in [4.78, 5) is 24.6. The van der Waals surface area contributed by atoms with E-state index < -0.39 is 12.1 Å². The van der Waals surface area contributed by atoms with Crippen molar-refractivity contribution in [1.82, 2.24) is 5.32 Å². The highest BCUT2D eigenvalue weighted by atomic mass is 16.5. The predicted octanol–water partition coefficient (Wildman–Crippen LogP) is 23.3. The number of allylic oxidation sites excluding steroid dienone is 3. The Balaban J connectivity index is 3.41. The van der Waals surface area contributed by atoms with Crippen LogP contribution in [0.15, 0.2) is 24.3 Å². The molecule has 0 aromatic heterocycles. The van der Waals surface area contributed by atoms with Crippen molar-refractivity contribution in [3.05, 3.63) is 24.3 Å². The summed E-state index contributed by atoms with van der Waals surface area (Å²) >= 11 is 0. The third-order valence-corrected chi connectivity index (χ3v) is 17.0. The topological polar surface area (TPSA) is 95.9 Å². The van der Waals surface area contributed by atoms with E-state index >= 15 is 0 Å². The monoisotopic (exact) mass is 1110 g/mol. The van der Waals surface area contributed by atoms with Crippen molar-refractivity contribution in [2.45, 2.75) is 418 Å². The van der Waals surface area contributed by atoms with Gasteiger partial charge in [-0.25, -0.2) is 0 Å². The molecule has 468 valence electrons. The lowest BCUT2D eigenvalue weighted by Gasteiger charge is -2.20. The number of esters is 1. The van der Waals surface area contributed by atoms with Gasteiger partial charge in [0.05, 0.1) is 25.4 Å². The molecule has 0 aromatic rings. The zero-order chi connectivity index (χ0) is 57.1. The maximum atomic E-state index is 12.5. The van der Waals surface area contributed by atoms with Crippen LogP contribution in [0.4, 0.5) is 0 Å². The molecule has 79 heavy (non-hydrogen) atoms. The van der Waals surface area contributed by atoms with Crippen LogP contribution in [-0.4, -0.2) is 47.4 Å². The number of hydrogen-bond acceptors (Lipinski definition) is 5. The van der Waals surface area contributed by atoms with Crippen LogP contribution in [0.2, 0.25) is 0 Å². The van der Waals surface area contributed by atoms with Crippen LogP contribution in [-0.2, 0) is 14.3 Å². The number of carbonyl (C=O) groups is 2. The summed E-state index contributed by atoms with van der Waals surface area (Å²) in [6.45, 7) is 4.95. The lowest BCUT2D eigenvalue weighted by molar-refractivity contribution is -0.143. The second-order valence-electron chi connectivity index (χ2n) is 24.9. The lowest BCUT2D eigenvalue weighted by Crippen LogP contribution is -2.45. The number of ether oxygens (including phenoxy) is 1. The first-order valence-corrected chi connectivity index (χ1v) is 36.1. The molecule has 3 N–H and O–H groups in total. The third-order valence-electron chi connectivity index (χ3n) is 17.0. The quantitative estimate of drug-likeness (QED) is 0.0320. The molecular weight excluding hydrogens is 971 g/mol. The van der Waals surface area contributed by atoms with Crippen LogP contribution < -0.4 is 5.32 Å². The number of carbonyl (C=O) groups excluding carboxylic acids is 2. The highest BCUT2D eigenvalue weighted by molar-refractivity contribution is 5.76. The van der Waals surface area contributed by atoms with Gasteiger partial charge in [0.25, 0.3) is 0 Å². The van der Waals surface area contributed by atoms with Gasteiger partial charge < -0.3 is 20.3 Å². The SMILES string of the molecule is CCCCCCCCCCCCCCCCCCCC/C=C/C(O)C(CO)NC(=O)CCCCCCCCC/C=C\CCCCCCCCCCCCCCOC(=O)CCCCCCCCCCCCCCCCCCCCC. The highest BCUT2D eigenvalue weighted by Gasteiger charge is 2.18. The fourth-order valence-electron chi connectivity index (χ4n) is 11.5. The Morgan fingerprint density at radius 2 is 0.595 bits per heavy atom. The first-order chi connectivity index (χ1) is 39.0. The van der Waals surface area contributed by atoms with Crippen molar-refractivity contribution in [1.29, 1.82) is 0 Å². The molecule has 0 fully saturated rings. The molecule has 0 aliphatic heterocycles. The average molecular weight is 1110 g/mol. The zero-order valence-electron chi connectivity index (χ0n) is 53.6. The largest absolute Gasteiger partial charge is 0.466 e. The predicted molar refractivity (Wildman–Crippen MR) is 347 cm³/mol. The molecule has 2 unspecified atom stereocenters. The first-order valence-electron chi connectivity index (χ1n) is 36.1. The maximum Gasteiger partial charge on any atom is 0.305 e. The molecule has 0 aromatic carbocycles. The van der Waals surface area contributed by atoms with E-state index in [1.165, 1.54) is 334 Å². The summed E-state index contributed by atoms with van der Waals surface area (Å²) in [5, 5.41) is 23.2. The molecule has 6 heteroatoms. The summed E-state index contributed by atoms with van der Waals surface area (Å²) < 4.78 is 5.51. The van der Waals surface area contributed by atoms with Gasteiger partial charge in [0.15, 0.2) is 0 Å². The Morgan fingerprint density at radius 3 is 0.899 bits per heavy atom. The van der Waals surface area contributed by atoms with Crippen LogP contribution >= 0.6 is 0 Å². The van der Waals surface area contributed by atoms with Crippen molar-refractivity contribution in [3.63, 3.8) is 0 Å². The molecule has 0 spiro atoms. The number of nitrogens with one attached hydrogen (secondary N) is 1. The standard InChI is InChI=1S/C73H141NO5/c1-3-5-7-9-11-13-15-17-19-21-23-30-33-37-41-45-49-53-57-61-65-71(76)70(69-75)74-72(77)66-62-58-54-50-46-42-38-34-31-27-25-24-26-28-32-36-40-44-48-52-56-60-64-68-79-73(78)67-63-59-55-51-47-43-39-35-29-22-20-18-16-14-12-10-8-6-4-2/h27,31,61,65,70-71,75-76H,3-26,28-30,32-60,62-64,66-69H2,1-2H3,(H,74,77)/b31-27-,65-61+. The van der Waals surface area contributed by atoms with Crippen molar-refractivity contribution in [3.8, 4) is 0 Å². The Bertz CT molecular complexity index is 1230. The van der Waals surface area contributed by atoms with E-state index in [1.807, 2.05) is 6.08 Å². The Kier molecular flexibility index (Phi) is 67.4. The minimum atomic E-state index is -0.849. The summed E-state index contributed by atoms with van der Waals surface area (Å²) in [5.41, 5.74) is 0. The molecule has 0 aliphatic carbocycles. The number of unbranched alkanes of at least 4 members (excludes halogenated alkanes) is 55. The maximum absolute atomic E-state index is 12.5. The Labute approximate surface area is 494 Å². The minimum absolute atomic E-state index is 0.0167. The van der Waals surface area contributed by atoms with E-state index in [2.05, 4.69) is 31.3 Å².